The molecule has 2 aromatic rings. The highest BCUT2D eigenvalue weighted by Gasteiger charge is 2.33. The molecule has 0 saturated heterocycles. The van der Waals surface area contributed by atoms with Crippen molar-refractivity contribution in [3.8, 4) is 0 Å². The number of benzene rings is 2. The standard InChI is InChI=1S/C20H19FO3S/c1-12-8-9-15(21)11-17(12)20(25(3)23)18-10-14-6-4-5-7-16(14)19(18)24-13(2)22/h4-9,11,19H,10H2,1-3H3/b20-18-. The second-order valence-electron chi connectivity index (χ2n) is 6.13. The van der Waals surface area contributed by atoms with Gasteiger partial charge in [0.1, 0.15) is 5.82 Å². The molecule has 1 aliphatic rings. The van der Waals surface area contributed by atoms with Crippen LogP contribution < -0.4 is 0 Å². The van der Waals surface area contributed by atoms with Gasteiger partial charge in [0, 0.05) is 23.6 Å². The van der Waals surface area contributed by atoms with E-state index in [2.05, 4.69) is 0 Å². The zero-order valence-electron chi connectivity index (χ0n) is 14.3. The predicted molar refractivity (Wildman–Crippen MR) is 96.8 cm³/mol. The maximum absolute atomic E-state index is 13.8. The van der Waals surface area contributed by atoms with Gasteiger partial charge in [0.15, 0.2) is 6.10 Å². The Morgan fingerprint density at radius 3 is 2.64 bits per heavy atom. The van der Waals surface area contributed by atoms with E-state index >= 15 is 0 Å². The minimum Gasteiger partial charge on any atom is -0.453 e. The lowest BCUT2D eigenvalue weighted by Gasteiger charge is -2.19. The highest BCUT2D eigenvalue weighted by Crippen LogP contribution is 2.43. The fraction of sp³-hybridized carbons (Fsp3) is 0.250. The van der Waals surface area contributed by atoms with Crippen molar-refractivity contribution >= 4 is 21.7 Å². The van der Waals surface area contributed by atoms with Crippen LogP contribution >= 0.6 is 0 Å². The average Bonchev–Trinajstić information content (AvgIpc) is 2.89. The zero-order chi connectivity index (χ0) is 18.1. The van der Waals surface area contributed by atoms with Gasteiger partial charge in [-0.15, -0.1) is 0 Å². The highest BCUT2D eigenvalue weighted by atomic mass is 32.2. The molecular formula is C20H19FO3S. The first-order valence-corrected chi connectivity index (χ1v) is 9.52. The van der Waals surface area contributed by atoms with Gasteiger partial charge in [-0.05, 0) is 47.7 Å². The number of rotatable bonds is 3. The summed E-state index contributed by atoms with van der Waals surface area (Å²) < 4.78 is 31.9. The molecule has 0 N–H and O–H groups in total. The Morgan fingerprint density at radius 1 is 1.24 bits per heavy atom. The summed E-state index contributed by atoms with van der Waals surface area (Å²) in [6, 6.07) is 12.1. The fourth-order valence-electron chi connectivity index (χ4n) is 3.29. The number of fused-ring (bicyclic) bond motifs is 1. The maximum Gasteiger partial charge on any atom is 0.303 e. The quantitative estimate of drug-likeness (QED) is 0.777. The van der Waals surface area contributed by atoms with Crippen LogP contribution in [0.3, 0.4) is 0 Å². The van der Waals surface area contributed by atoms with Crippen LogP contribution in [0.5, 0.6) is 0 Å². The monoisotopic (exact) mass is 358 g/mol. The second-order valence-corrected chi connectivity index (χ2v) is 7.45. The molecule has 2 unspecified atom stereocenters. The molecule has 2 atom stereocenters. The zero-order valence-corrected chi connectivity index (χ0v) is 15.2. The number of carbonyl (C=O) groups is 1. The first kappa shape index (κ1) is 17.5. The number of esters is 1. The van der Waals surface area contributed by atoms with Crippen LogP contribution in [-0.2, 0) is 26.8 Å². The SMILES string of the molecule is CC(=O)OC1/C(=C(/c2cc(F)ccc2C)S(C)=O)Cc2ccccc21. The Hall–Kier alpha value is -2.27. The van der Waals surface area contributed by atoms with Crippen LogP contribution in [0.25, 0.3) is 4.91 Å². The van der Waals surface area contributed by atoms with Gasteiger partial charge in [0.05, 0.1) is 10.8 Å². The van der Waals surface area contributed by atoms with Crippen molar-refractivity contribution < 1.29 is 18.1 Å². The van der Waals surface area contributed by atoms with Crippen LogP contribution in [0, 0.1) is 12.7 Å². The minimum atomic E-state index is -1.36. The Morgan fingerprint density at radius 2 is 1.96 bits per heavy atom. The third kappa shape index (κ3) is 3.42. The molecule has 130 valence electrons. The van der Waals surface area contributed by atoms with E-state index in [-0.39, 0.29) is 5.82 Å². The molecular weight excluding hydrogens is 339 g/mol. The second kappa shape index (κ2) is 6.92. The minimum absolute atomic E-state index is 0.385. The van der Waals surface area contributed by atoms with Gasteiger partial charge in [0.25, 0.3) is 0 Å². The van der Waals surface area contributed by atoms with Gasteiger partial charge in [-0.2, -0.15) is 0 Å². The van der Waals surface area contributed by atoms with E-state index in [4.69, 9.17) is 4.74 Å². The predicted octanol–water partition coefficient (Wildman–Crippen LogP) is 4.08. The lowest BCUT2D eigenvalue weighted by atomic mass is 10.0. The van der Waals surface area contributed by atoms with Gasteiger partial charge in [-0.1, -0.05) is 30.3 Å². The van der Waals surface area contributed by atoms with E-state index in [1.165, 1.54) is 19.1 Å². The number of ether oxygens (including phenoxy) is 1. The molecule has 0 spiro atoms. The lowest BCUT2D eigenvalue weighted by Crippen LogP contribution is -2.11. The first-order valence-electron chi connectivity index (χ1n) is 7.96. The number of hydrogen-bond donors (Lipinski definition) is 0. The topological polar surface area (TPSA) is 43.4 Å². The number of hydrogen-bond acceptors (Lipinski definition) is 3. The lowest BCUT2D eigenvalue weighted by molar-refractivity contribution is -0.144. The van der Waals surface area contributed by atoms with Crippen molar-refractivity contribution in [1.29, 1.82) is 0 Å². The summed E-state index contributed by atoms with van der Waals surface area (Å²) in [5, 5.41) is 0. The summed E-state index contributed by atoms with van der Waals surface area (Å²) in [5.41, 5.74) is 4.11. The molecule has 0 radical (unpaired) electrons. The Balaban J connectivity index is 2.25. The van der Waals surface area contributed by atoms with Gasteiger partial charge in [-0.3, -0.25) is 9.00 Å². The van der Waals surface area contributed by atoms with Gasteiger partial charge < -0.3 is 4.74 Å². The molecule has 0 bridgehead atoms. The third-order valence-corrected chi connectivity index (χ3v) is 5.40. The van der Waals surface area contributed by atoms with Crippen LogP contribution in [0.2, 0.25) is 0 Å². The van der Waals surface area contributed by atoms with Gasteiger partial charge in [-0.25, -0.2) is 4.39 Å². The van der Waals surface area contributed by atoms with Gasteiger partial charge in [0.2, 0.25) is 0 Å². The summed E-state index contributed by atoms with van der Waals surface area (Å²) in [6.07, 6.45) is 1.51. The number of halogens is 1. The Kier molecular flexibility index (Phi) is 4.86. The van der Waals surface area contributed by atoms with Crippen molar-refractivity contribution in [1.82, 2.24) is 0 Å². The molecule has 3 rings (SSSR count). The molecule has 0 aromatic heterocycles. The summed E-state index contributed by atoms with van der Waals surface area (Å²) in [5.74, 6) is -0.792. The van der Waals surface area contributed by atoms with Crippen molar-refractivity contribution in [2.45, 2.75) is 26.4 Å². The smallest absolute Gasteiger partial charge is 0.303 e. The average molecular weight is 358 g/mol. The molecule has 0 saturated carbocycles. The summed E-state index contributed by atoms with van der Waals surface area (Å²) in [6.45, 7) is 3.21. The normalized spacial score (nSPS) is 19.3. The summed E-state index contributed by atoms with van der Waals surface area (Å²) in [7, 11) is -1.36. The molecule has 0 heterocycles. The summed E-state index contributed by atoms with van der Waals surface area (Å²) >= 11 is 0. The van der Waals surface area contributed by atoms with Crippen LogP contribution in [0.1, 0.15) is 35.3 Å². The summed E-state index contributed by atoms with van der Waals surface area (Å²) in [4.78, 5) is 12.2. The first-order chi connectivity index (χ1) is 11.9. The molecule has 1 aliphatic carbocycles. The molecule has 0 fully saturated rings. The maximum atomic E-state index is 13.8. The Labute approximate surface area is 149 Å². The van der Waals surface area contributed by atoms with E-state index in [9.17, 15) is 13.4 Å². The molecule has 5 heteroatoms. The van der Waals surface area contributed by atoms with E-state index in [1.807, 2.05) is 31.2 Å². The van der Waals surface area contributed by atoms with E-state index in [0.717, 1.165) is 22.3 Å². The molecule has 3 nitrogen and oxygen atoms in total. The van der Waals surface area contributed by atoms with Crippen LogP contribution in [-0.4, -0.2) is 16.4 Å². The van der Waals surface area contributed by atoms with Crippen LogP contribution in [0.15, 0.2) is 48.0 Å². The van der Waals surface area contributed by atoms with Crippen molar-refractivity contribution in [3.63, 3.8) is 0 Å². The molecule has 25 heavy (non-hydrogen) atoms. The number of carbonyl (C=O) groups excluding carboxylic acids is 1. The third-order valence-electron chi connectivity index (χ3n) is 4.34. The van der Waals surface area contributed by atoms with E-state index < -0.39 is 22.9 Å². The van der Waals surface area contributed by atoms with Crippen molar-refractivity contribution in [2.24, 2.45) is 0 Å². The molecule has 0 aliphatic heterocycles. The number of aryl methyl sites for hydroxylation is 1. The molecule has 0 amide bonds. The van der Waals surface area contributed by atoms with E-state index in [0.29, 0.717) is 16.9 Å². The van der Waals surface area contributed by atoms with E-state index in [1.54, 1.807) is 12.3 Å². The van der Waals surface area contributed by atoms with Crippen LogP contribution in [0.4, 0.5) is 4.39 Å². The highest BCUT2D eigenvalue weighted by molar-refractivity contribution is 7.94. The molecule has 2 aromatic carbocycles. The Bertz CT molecular complexity index is 902. The largest absolute Gasteiger partial charge is 0.453 e. The fourth-order valence-corrected chi connectivity index (χ4v) is 4.37. The van der Waals surface area contributed by atoms with Gasteiger partial charge >= 0.3 is 5.97 Å². The van der Waals surface area contributed by atoms with Crippen molar-refractivity contribution in [3.05, 3.63) is 76.1 Å². The van der Waals surface area contributed by atoms with Crippen molar-refractivity contribution in [2.75, 3.05) is 6.26 Å².